The summed E-state index contributed by atoms with van der Waals surface area (Å²) in [6, 6.07) is 4.67. The van der Waals surface area contributed by atoms with E-state index in [2.05, 4.69) is 0 Å². The molecule has 0 saturated carbocycles. The van der Waals surface area contributed by atoms with Gasteiger partial charge in [0, 0.05) is 17.7 Å². The molecule has 12 nitrogen and oxygen atoms in total. The van der Waals surface area contributed by atoms with Crippen molar-refractivity contribution in [3.8, 4) is 45.8 Å². The minimum absolute atomic E-state index is 0.0343. The molecule has 5 atom stereocenters. The number of aromatic hydroxyl groups is 3. The summed E-state index contributed by atoms with van der Waals surface area (Å²) < 4.78 is 27.3. The van der Waals surface area contributed by atoms with Crippen LogP contribution in [0.2, 0.25) is 0 Å². The van der Waals surface area contributed by atoms with Crippen LogP contribution in [0.3, 0.4) is 0 Å². The van der Waals surface area contributed by atoms with Crippen LogP contribution in [0.25, 0.3) is 22.3 Å². The quantitative estimate of drug-likeness (QED) is 0.294. The fraction of sp³-hybridized carbons (Fsp3) is 0.348. The predicted molar refractivity (Wildman–Crippen MR) is 119 cm³/mol. The molecule has 4 rings (SSSR count). The van der Waals surface area contributed by atoms with Gasteiger partial charge in [-0.15, -0.1) is 0 Å². The summed E-state index contributed by atoms with van der Waals surface area (Å²) >= 11 is 0. The maximum Gasteiger partial charge on any atom is 0.239 e. The molecule has 0 spiro atoms. The van der Waals surface area contributed by atoms with Crippen molar-refractivity contribution in [2.75, 3.05) is 14.2 Å². The Bertz CT molecular complexity index is 1290. The zero-order valence-corrected chi connectivity index (χ0v) is 18.8. The molecule has 188 valence electrons. The first-order valence-electron chi connectivity index (χ1n) is 10.4. The molecule has 1 saturated heterocycles. The van der Waals surface area contributed by atoms with E-state index in [1.807, 2.05) is 0 Å². The van der Waals surface area contributed by atoms with E-state index >= 15 is 0 Å². The van der Waals surface area contributed by atoms with Crippen LogP contribution in [-0.2, 0) is 4.74 Å². The third-order valence-electron chi connectivity index (χ3n) is 5.70. The first-order chi connectivity index (χ1) is 16.6. The number of phenols is 3. The Labute approximate surface area is 197 Å². The summed E-state index contributed by atoms with van der Waals surface area (Å²) in [5, 5.41) is 60.6. The molecule has 1 aliphatic heterocycles. The molecule has 35 heavy (non-hydrogen) atoms. The van der Waals surface area contributed by atoms with E-state index in [4.69, 9.17) is 23.4 Å². The Kier molecular flexibility index (Phi) is 6.38. The normalized spacial score (nSPS) is 24.3. The van der Waals surface area contributed by atoms with Gasteiger partial charge in [0.2, 0.25) is 23.2 Å². The molecule has 6 N–H and O–H groups in total. The molecule has 0 amide bonds. The number of aliphatic hydroxyl groups excluding tert-OH is 3. The van der Waals surface area contributed by atoms with Crippen molar-refractivity contribution in [3.05, 3.63) is 34.5 Å². The Hall–Kier alpha value is -3.71. The van der Waals surface area contributed by atoms with Crippen molar-refractivity contribution < 1.29 is 54.0 Å². The monoisotopic (exact) mass is 492 g/mol. The van der Waals surface area contributed by atoms with E-state index in [0.29, 0.717) is 0 Å². The Balaban J connectivity index is 1.97. The minimum Gasteiger partial charge on any atom is -0.508 e. The molecule has 1 fully saturated rings. The van der Waals surface area contributed by atoms with E-state index in [9.17, 15) is 35.4 Å². The van der Waals surface area contributed by atoms with Gasteiger partial charge in [-0.05, 0) is 19.1 Å². The topological polar surface area (TPSA) is 189 Å². The molecular formula is C23H24O12. The predicted octanol–water partition coefficient (Wildman–Crippen LogP) is 0.800. The lowest BCUT2D eigenvalue weighted by molar-refractivity contribution is -0.268. The average Bonchev–Trinajstić information content (AvgIpc) is 2.82. The van der Waals surface area contributed by atoms with Crippen molar-refractivity contribution in [1.29, 1.82) is 0 Å². The molecule has 0 radical (unpaired) electrons. The van der Waals surface area contributed by atoms with Crippen molar-refractivity contribution in [2.24, 2.45) is 0 Å². The van der Waals surface area contributed by atoms with Crippen molar-refractivity contribution in [2.45, 2.75) is 37.6 Å². The number of hydrogen-bond donors (Lipinski definition) is 6. The molecular weight excluding hydrogens is 468 g/mol. The zero-order valence-electron chi connectivity index (χ0n) is 18.8. The maximum atomic E-state index is 13.5. The van der Waals surface area contributed by atoms with Crippen LogP contribution in [-0.4, -0.2) is 75.6 Å². The van der Waals surface area contributed by atoms with Crippen LogP contribution < -0.4 is 19.6 Å². The second-order valence-corrected chi connectivity index (χ2v) is 7.96. The van der Waals surface area contributed by atoms with Gasteiger partial charge in [0.15, 0.2) is 17.3 Å². The number of rotatable bonds is 5. The first-order valence-corrected chi connectivity index (χ1v) is 10.4. The fourth-order valence-corrected chi connectivity index (χ4v) is 3.82. The van der Waals surface area contributed by atoms with E-state index < -0.39 is 47.6 Å². The number of ether oxygens (including phenoxy) is 4. The number of hydrogen-bond acceptors (Lipinski definition) is 12. The highest BCUT2D eigenvalue weighted by atomic mass is 16.7. The summed E-state index contributed by atoms with van der Waals surface area (Å²) in [4.78, 5) is 13.5. The van der Waals surface area contributed by atoms with Gasteiger partial charge in [-0.25, -0.2) is 0 Å². The van der Waals surface area contributed by atoms with E-state index in [-0.39, 0.29) is 45.3 Å². The lowest BCUT2D eigenvalue weighted by Crippen LogP contribution is -2.58. The first kappa shape index (κ1) is 24.4. The highest BCUT2D eigenvalue weighted by Gasteiger charge is 2.44. The van der Waals surface area contributed by atoms with Crippen LogP contribution in [0.1, 0.15) is 6.92 Å². The van der Waals surface area contributed by atoms with Crippen LogP contribution in [0, 0.1) is 0 Å². The number of fused-ring (bicyclic) bond motifs is 1. The molecule has 3 aromatic rings. The maximum absolute atomic E-state index is 13.5. The summed E-state index contributed by atoms with van der Waals surface area (Å²) in [5.41, 5.74) is -0.976. The fourth-order valence-electron chi connectivity index (χ4n) is 3.82. The minimum atomic E-state index is -1.75. The number of phenolic OH excluding ortho intramolecular Hbond substituents is 3. The van der Waals surface area contributed by atoms with Gasteiger partial charge in [0.05, 0.1) is 20.3 Å². The molecule has 1 aliphatic rings. The number of methoxy groups -OCH3 is 2. The second kappa shape index (κ2) is 9.15. The van der Waals surface area contributed by atoms with Crippen LogP contribution in [0.5, 0.6) is 34.5 Å². The Morgan fingerprint density at radius 2 is 1.51 bits per heavy atom. The van der Waals surface area contributed by atoms with Gasteiger partial charge in [-0.1, -0.05) is 0 Å². The lowest BCUT2D eigenvalue weighted by Gasteiger charge is -2.38. The molecule has 1 aromatic heterocycles. The molecule has 2 heterocycles. The zero-order chi connectivity index (χ0) is 25.6. The SMILES string of the molecule is COc1cc(-c2oc3cc(O)cc(O)c3c(=O)c2O[C@H]2O[C@@H](C)[C@@H](O)[C@@H](O)[C@H]2O)cc(OC)c1O. The third-order valence-corrected chi connectivity index (χ3v) is 5.70. The van der Waals surface area contributed by atoms with Gasteiger partial charge in [-0.3, -0.25) is 4.79 Å². The number of benzene rings is 2. The van der Waals surface area contributed by atoms with Crippen LogP contribution in [0.4, 0.5) is 0 Å². The summed E-state index contributed by atoms with van der Waals surface area (Å²) in [5.74, 6) is -2.16. The Morgan fingerprint density at radius 1 is 0.886 bits per heavy atom. The lowest BCUT2D eigenvalue weighted by atomic mass is 10.00. The molecule has 2 aromatic carbocycles. The molecule has 0 unspecified atom stereocenters. The van der Waals surface area contributed by atoms with Gasteiger partial charge < -0.3 is 54.0 Å². The van der Waals surface area contributed by atoms with E-state index in [0.717, 1.165) is 12.1 Å². The van der Waals surface area contributed by atoms with Crippen molar-refractivity contribution in [3.63, 3.8) is 0 Å². The van der Waals surface area contributed by atoms with Gasteiger partial charge >= 0.3 is 0 Å². The van der Waals surface area contributed by atoms with Crippen LogP contribution in [0.15, 0.2) is 33.5 Å². The highest BCUT2D eigenvalue weighted by molar-refractivity contribution is 5.88. The molecule has 12 heteroatoms. The van der Waals surface area contributed by atoms with E-state index in [1.54, 1.807) is 0 Å². The second-order valence-electron chi connectivity index (χ2n) is 7.96. The third kappa shape index (κ3) is 4.17. The van der Waals surface area contributed by atoms with Gasteiger partial charge in [0.25, 0.3) is 0 Å². The summed E-state index contributed by atoms with van der Waals surface area (Å²) in [7, 11) is 2.59. The smallest absolute Gasteiger partial charge is 0.239 e. The highest BCUT2D eigenvalue weighted by Crippen LogP contribution is 2.43. The van der Waals surface area contributed by atoms with E-state index in [1.165, 1.54) is 33.3 Å². The molecule has 0 aliphatic carbocycles. The molecule has 0 bridgehead atoms. The van der Waals surface area contributed by atoms with Crippen molar-refractivity contribution in [1.82, 2.24) is 0 Å². The summed E-state index contributed by atoms with van der Waals surface area (Å²) in [6.45, 7) is 1.43. The van der Waals surface area contributed by atoms with Crippen molar-refractivity contribution >= 4 is 11.0 Å². The standard InChI is InChI=1S/C23H24O12/c1-8-16(26)19(29)20(30)23(33-8)35-22-18(28)15-11(25)6-10(24)7-12(15)34-21(22)9-4-13(31-2)17(27)14(5-9)32-3/h4-8,16,19-20,23-27,29-30H,1-3H3/t8-,16+,19+,20+,23+/m0/s1. The average molecular weight is 492 g/mol. The van der Waals surface area contributed by atoms with Crippen LogP contribution >= 0.6 is 0 Å². The Morgan fingerprint density at radius 3 is 2.11 bits per heavy atom. The van der Waals surface area contributed by atoms with Gasteiger partial charge in [0.1, 0.15) is 40.8 Å². The largest absolute Gasteiger partial charge is 0.508 e. The summed E-state index contributed by atoms with van der Waals surface area (Å²) in [6.07, 6.45) is -7.37. The number of aliphatic hydroxyl groups is 3. The van der Waals surface area contributed by atoms with Gasteiger partial charge in [-0.2, -0.15) is 0 Å².